The van der Waals surface area contributed by atoms with Gasteiger partial charge in [-0.15, -0.1) is 0 Å². The smallest absolute Gasteiger partial charge is 0.102 e. The minimum Gasteiger partial charge on any atom is -0.386 e. The van der Waals surface area contributed by atoms with Gasteiger partial charge in [-0.3, -0.25) is 0 Å². The molecule has 1 rings (SSSR count). The van der Waals surface area contributed by atoms with Crippen LogP contribution in [0.25, 0.3) is 0 Å². The lowest BCUT2D eigenvalue weighted by atomic mass is 10.0. The second-order valence-corrected chi connectivity index (χ2v) is 5.79. The number of hydrogen-bond acceptors (Lipinski definition) is 2. The van der Waals surface area contributed by atoms with E-state index in [1.807, 2.05) is 12.1 Å². The quantitative estimate of drug-likeness (QED) is 0.801. The van der Waals surface area contributed by atoms with Crippen molar-refractivity contribution >= 4 is 0 Å². The molecule has 1 aromatic carbocycles. The van der Waals surface area contributed by atoms with Crippen LogP contribution in [0, 0.1) is 11.8 Å². The van der Waals surface area contributed by atoms with Crippen molar-refractivity contribution in [3.05, 3.63) is 35.4 Å². The van der Waals surface area contributed by atoms with Crippen LogP contribution in [0.15, 0.2) is 24.3 Å². The summed E-state index contributed by atoms with van der Waals surface area (Å²) >= 11 is 0. The van der Waals surface area contributed by atoms with E-state index in [4.69, 9.17) is 4.74 Å². The van der Waals surface area contributed by atoms with Crippen molar-refractivity contribution in [1.29, 1.82) is 0 Å². The molecular formula is C16H26O2. The van der Waals surface area contributed by atoms with Gasteiger partial charge in [-0.05, 0) is 29.4 Å². The van der Waals surface area contributed by atoms with Gasteiger partial charge < -0.3 is 9.84 Å². The third kappa shape index (κ3) is 5.65. The van der Waals surface area contributed by atoms with E-state index in [9.17, 15) is 5.11 Å². The predicted molar refractivity (Wildman–Crippen MR) is 75.6 cm³/mol. The molecule has 0 aliphatic heterocycles. The highest BCUT2D eigenvalue weighted by Gasteiger charge is 2.08. The lowest BCUT2D eigenvalue weighted by Gasteiger charge is -2.14. The van der Waals surface area contributed by atoms with Crippen LogP contribution < -0.4 is 0 Å². The normalized spacial score (nSPS) is 13.3. The second-order valence-electron chi connectivity index (χ2n) is 5.79. The number of hydrogen-bond donors (Lipinski definition) is 1. The first-order valence-electron chi connectivity index (χ1n) is 6.83. The molecule has 18 heavy (non-hydrogen) atoms. The minimum absolute atomic E-state index is 0.377. The largest absolute Gasteiger partial charge is 0.386 e. The molecule has 0 amide bonds. The lowest BCUT2D eigenvalue weighted by Crippen LogP contribution is -2.10. The summed E-state index contributed by atoms with van der Waals surface area (Å²) in [4.78, 5) is 0. The third-order valence-electron chi connectivity index (χ3n) is 2.74. The highest BCUT2D eigenvalue weighted by Crippen LogP contribution is 2.16. The molecule has 1 atom stereocenters. The zero-order valence-corrected chi connectivity index (χ0v) is 12.0. The molecule has 0 heterocycles. The highest BCUT2D eigenvalue weighted by atomic mass is 16.5. The zero-order chi connectivity index (χ0) is 13.5. The van der Waals surface area contributed by atoms with Crippen LogP contribution in [0.3, 0.4) is 0 Å². The first-order chi connectivity index (χ1) is 8.49. The van der Waals surface area contributed by atoms with Gasteiger partial charge >= 0.3 is 0 Å². The molecule has 0 spiro atoms. The molecule has 2 heteroatoms. The molecule has 0 aliphatic carbocycles. The van der Waals surface area contributed by atoms with Crippen molar-refractivity contribution in [2.45, 2.75) is 40.2 Å². The molecule has 1 N–H and O–H groups in total. The Kier molecular flexibility index (Phi) is 6.37. The first-order valence-corrected chi connectivity index (χ1v) is 6.83. The zero-order valence-electron chi connectivity index (χ0n) is 12.0. The van der Waals surface area contributed by atoms with Gasteiger partial charge in [-0.1, -0.05) is 52.0 Å². The van der Waals surface area contributed by atoms with Crippen LogP contribution in [0.2, 0.25) is 0 Å². The van der Waals surface area contributed by atoms with Crippen molar-refractivity contribution in [1.82, 2.24) is 0 Å². The molecule has 1 aromatic rings. The molecule has 0 fully saturated rings. The number of rotatable bonds is 7. The van der Waals surface area contributed by atoms with Crippen LogP contribution in [0.4, 0.5) is 0 Å². The number of benzene rings is 1. The maximum atomic E-state index is 9.98. The van der Waals surface area contributed by atoms with Gasteiger partial charge in [0.15, 0.2) is 0 Å². The van der Waals surface area contributed by atoms with E-state index in [0.717, 1.165) is 12.0 Å². The molecule has 0 saturated heterocycles. The fraction of sp³-hybridized carbons (Fsp3) is 0.625. The van der Waals surface area contributed by atoms with Crippen molar-refractivity contribution < 1.29 is 9.84 Å². The van der Waals surface area contributed by atoms with Crippen molar-refractivity contribution in [2.24, 2.45) is 11.8 Å². The van der Waals surface area contributed by atoms with Gasteiger partial charge in [0.1, 0.15) is 6.10 Å². The Morgan fingerprint density at radius 1 is 0.944 bits per heavy atom. The van der Waals surface area contributed by atoms with Crippen molar-refractivity contribution in [2.75, 3.05) is 13.2 Å². The van der Waals surface area contributed by atoms with E-state index in [0.29, 0.717) is 25.0 Å². The van der Waals surface area contributed by atoms with Crippen LogP contribution in [-0.2, 0) is 11.2 Å². The third-order valence-corrected chi connectivity index (χ3v) is 2.74. The summed E-state index contributed by atoms with van der Waals surface area (Å²) in [5, 5.41) is 9.98. The summed E-state index contributed by atoms with van der Waals surface area (Å²) in [5.74, 6) is 1.17. The number of aliphatic hydroxyl groups excluding tert-OH is 1. The van der Waals surface area contributed by atoms with Gasteiger partial charge in [0.2, 0.25) is 0 Å². The maximum Gasteiger partial charge on any atom is 0.102 e. The number of ether oxygens (including phenoxy) is 1. The van der Waals surface area contributed by atoms with Crippen molar-refractivity contribution in [3.8, 4) is 0 Å². The summed E-state index contributed by atoms with van der Waals surface area (Å²) in [7, 11) is 0. The molecule has 0 radical (unpaired) electrons. The molecule has 0 aliphatic rings. The monoisotopic (exact) mass is 250 g/mol. The number of aliphatic hydroxyl groups is 1. The Labute approximate surface area is 111 Å². The molecule has 1 unspecified atom stereocenters. The van der Waals surface area contributed by atoms with Gasteiger partial charge in [-0.2, -0.15) is 0 Å². The summed E-state index contributed by atoms with van der Waals surface area (Å²) in [6.07, 6.45) is 0.567. The average Bonchev–Trinajstić information content (AvgIpc) is 2.28. The summed E-state index contributed by atoms with van der Waals surface area (Å²) < 4.78 is 5.46. The predicted octanol–water partition coefficient (Wildman–Crippen LogP) is 3.59. The van der Waals surface area contributed by atoms with Crippen molar-refractivity contribution in [3.63, 3.8) is 0 Å². The molecule has 102 valence electrons. The summed E-state index contributed by atoms with van der Waals surface area (Å²) in [6, 6.07) is 8.20. The Balaban J connectivity index is 2.46. The average molecular weight is 250 g/mol. The van der Waals surface area contributed by atoms with Crippen LogP contribution in [0.5, 0.6) is 0 Å². The Morgan fingerprint density at radius 2 is 1.56 bits per heavy atom. The highest BCUT2D eigenvalue weighted by molar-refractivity contribution is 5.24. The van der Waals surface area contributed by atoms with Gasteiger partial charge in [-0.25, -0.2) is 0 Å². The molecule has 2 nitrogen and oxygen atoms in total. The van der Waals surface area contributed by atoms with E-state index in [2.05, 4.69) is 39.8 Å². The Hall–Kier alpha value is -0.860. The fourth-order valence-electron chi connectivity index (χ4n) is 1.86. The Bertz CT molecular complexity index is 327. The standard InChI is InChI=1S/C16H26O2/c1-12(2)9-14-5-7-15(8-6-14)16(17)11-18-10-13(3)4/h5-8,12-13,16-17H,9-11H2,1-4H3. The van der Waals surface area contributed by atoms with E-state index in [1.165, 1.54) is 5.56 Å². The second kappa shape index (κ2) is 7.55. The van der Waals surface area contributed by atoms with E-state index in [1.54, 1.807) is 0 Å². The molecule has 0 bridgehead atoms. The molecular weight excluding hydrogens is 224 g/mol. The van der Waals surface area contributed by atoms with Crippen LogP contribution >= 0.6 is 0 Å². The topological polar surface area (TPSA) is 29.5 Å². The first kappa shape index (κ1) is 15.2. The summed E-state index contributed by atoms with van der Waals surface area (Å²) in [6.45, 7) is 9.70. The SMILES string of the molecule is CC(C)COCC(O)c1ccc(CC(C)C)cc1. The van der Waals surface area contributed by atoms with E-state index < -0.39 is 6.10 Å². The van der Waals surface area contributed by atoms with Gasteiger partial charge in [0, 0.05) is 6.61 Å². The van der Waals surface area contributed by atoms with Gasteiger partial charge in [0.25, 0.3) is 0 Å². The molecule has 0 saturated carbocycles. The summed E-state index contributed by atoms with van der Waals surface area (Å²) in [5.41, 5.74) is 2.26. The van der Waals surface area contributed by atoms with E-state index in [-0.39, 0.29) is 0 Å². The lowest BCUT2D eigenvalue weighted by molar-refractivity contribution is 0.0250. The van der Waals surface area contributed by atoms with Crippen LogP contribution in [-0.4, -0.2) is 18.3 Å². The molecule has 0 aromatic heterocycles. The maximum absolute atomic E-state index is 9.98. The van der Waals surface area contributed by atoms with Crippen LogP contribution in [0.1, 0.15) is 44.9 Å². The minimum atomic E-state index is -0.517. The van der Waals surface area contributed by atoms with Gasteiger partial charge in [0.05, 0.1) is 6.61 Å². The Morgan fingerprint density at radius 3 is 2.06 bits per heavy atom. The fourth-order valence-corrected chi connectivity index (χ4v) is 1.86. The van der Waals surface area contributed by atoms with E-state index >= 15 is 0 Å².